The molecule has 0 aliphatic rings. The highest BCUT2D eigenvalue weighted by Gasteiger charge is 2.36. The maximum Gasteiger partial charge on any atom is 0.451 e. The van der Waals surface area contributed by atoms with E-state index >= 15 is 0 Å². The minimum atomic E-state index is -4.59. The molecular formula is C21H19F3N2S. The molecule has 140 valence electrons. The number of rotatable bonds is 5. The molecule has 1 heterocycles. The minimum Gasteiger partial charge on any atom is -0.229 e. The zero-order chi connectivity index (χ0) is 19.4. The third kappa shape index (κ3) is 4.33. The van der Waals surface area contributed by atoms with Crippen molar-refractivity contribution in [3.05, 3.63) is 66.1 Å². The molecule has 0 aliphatic heterocycles. The molecule has 0 amide bonds. The summed E-state index contributed by atoms with van der Waals surface area (Å²) in [5.74, 6) is -1.09. The zero-order valence-electron chi connectivity index (χ0n) is 15.0. The van der Waals surface area contributed by atoms with Crippen molar-refractivity contribution in [3.63, 3.8) is 0 Å². The lowest BCUT2D eigenvalue weighted by Gasteiger charge is -2.17. The van der Waals surface area contributed by atoms with Gasteiger partial charge in [-0.3, -0.25) is 0 Å². The van der Waals surface area contributed by atoms with Gasteiger partial charge >= 0.3 is 6.18 Å². The summed E-state index contributed by atoms with van der Waals surface area (Å²) in [5, 5.41) is 0. The van der Waals surface area contributed by atoms with Crippen molar-refractivity contribution in [2.75, 3.05) is 6.26 Å². The molecule has 0 unspecified atom stereocenters. The van der Waals surface area contributed by atoms with Gasteiger partial charge in [0.05, 0.1) is 11.4 Å². The zero-order valence-corrected chi connectivity index (χ0v) is 15.9. The summed E-state index contributed by atoms with van der Waals surface area (Å²) in [6.45, 7) is 1.93. The standard InChI is InChI=1S/C21H19F3N2S/c1-3-7-17-18(14-8-5-4-6-9-14)19(26-20(25-17)21(22,23)24)15-10-12-16(27-2)13-11-15/h4-6,8-13H,3,7H2,1-2H3. The van der Waals surface area contributed by atoms with Crippen LogP contribution in [-0.4, -0.2) is 16.2 Å². The number of thioether (sulfide) groups is 1. The molecule has 0 N–H and O–H groups in total. The van der Waals surface area contributed by atoms with E-state index in [1.54, 1.807) is 11.8 Å². The van der Waals surface area contributed by atoms with Crippen LogP contribution in [0.1, 0.15) is 24.9 Å². The smallest absolute Gasteiger partial charge is 0.229 e. The van der Waals surface area contributed by atoms with E-state index in [0.29, 0.717) is 35.4 Å². The normalized spacial score (nSPS) is 11.6. The van der Waals surface area contributed by atoms with E-state index in [1.165, 1.54) is 0 Å². The molecule has 0 radical (unpaired) electrons. The fourth-order valence-electron chi connectivity index (χ4n) is 2.92. The second kappa shape index (κ2) is 8.13. The Balaban J connectivity index is 2.30. The average Bonchev–Trinajstić information content (AvgIpc) is 2.68. The predicted molar refractivity (Wildman–Crippen MR) is 104 cm³/mol. The van der Waals surface area contributed by atoms with Crippen molar-refractivity contribution < 1.29 is 13.2 Å². The Kier molecular flexibility index (Phi) is 5.85. The first-order chi connectivity index (χ1) is 12.9. The predicted octanol–water partition coefficient (Wildman–Crippen LogP) is 6.50. The number of alkyl halides is 3. The van der Waals surface area contributed by atoms with Crippen LogP contribution in [0.3, 0.4) is 0 Å². The first kappa shape index (κ1) is 19.4. The van der Waals surface area contributed by atoms with Crippen molar-refractivity contribution in [1.82, 2.24) is 9.97 Å². The second-order valence-corrected chi connectivity index (χ2v) is 6.94. The molecule has 0 atom stereocenters. The highest BCUT2D eigenvalue weighted by molar-refractivity contribution is 7.98. The van der Waals surface area contributed by atoms with E-state index in [4.69, 9.17) is 0 Å². The van der Waals surface area contributed by atoms with Gasteiger partial charge in [0.25, 0.3) is 0 Å². The first-order valence-electron chi connectivity index (χ1n) is 8.62. The lowest BCUT2D eigenvalue weighted by atomic mass is 9.95. The number of benzene rings is 2. The van der Waals surface area contributed by atoms with Gasteiger partial charge in [0.2, 0.25) is 5.82 Å². The Hall–Kier alpha value is -2.34. The minimum absolute atomic E-state index is 0.319. The summed E-state index contributed by atoms with van der Waals surface area (Å²) >= 11 is 1.58. The van der Waals surface area contributed by atoms with Crippen molar-refractivity contribution in [3.8, 4) is 22.4 Å². The van der Waals surface area contributed by atoms with Crippen LogP contribution in [-0.2, 0) is 12.6 Å². The fraction of sp³-hybridized carbons (Fsp3) is 0.238. The molecule has 0 fully saturated rings. The van der Waals surface area contributed by atoms with Gasteiger partial charge in [0.1, 0.15) is 0 Å². The monoisotopic (exact) mass is 388 g/mol. The number of nitrogens with zero attached hydrogens (tertiary/aromatic N) is 2. The molecule has 0 saturated heterocycles. The van der Waals surface area contributed by atoms with E-state index in [2.05, 4.69) is 9.97 Å². The van der Waals surface area contributed by atoms with Crippen LogP contribution < -0.4 is 0 Å². The van der Waals surface area contributed by atoms with E-state index < -0.39 is 12.0 Å². The van der Waals surface area contributed by atoms with Gasteiger partial charge in [0, 0.05) is 16.0 Å². The highest BCUT2D eigenvalue weighted by atomic mass is 32.2. The lowest BCUT2D eigenvalue weighted by molar-refractivity contribution is -0.145. The van der Waals surface area contributed by atoms with Crippen LogP contribution in [0.25, 0.3) is 22.4 Å². The van der Waals surface area contributed by atoms with Crippen LogP contribution >= 0.6 is 11.8 Å². The lowest BCUT2D eigenvalue weighted by Crippen LogP contribution is -2.15. The maximum absolute atomic E-state index is 13.4. The third-order valence-corrected chi connectivity index (χ3v) is 4.89. The third-order valence-electron chi connectivity index (χ3n) is 4.15. The molecule has 0 spiro atoms. The quantitative estimate of drug-likeness (QED) is 0.466. The first-order valence-corrected chi connectivity index (χ1v) is 9.84. The molecule has 2 nitrogen and oxygen atoms in total. The van der Waals surface area contributed by atoms with Gasteiger partial charge in [-0.05, 0) is 30.4 Å². The highest BCUT2D eigenvalue weighted by Crippen LogP contribution is 2.37. The molecule has 0 saturated carbocycles. The summed E-state index contributed by atoms with van der Waals surface area (Å²) in [7, 11) is 0. The Labute approximate surface area is 160 Å². The molecule has 0 bridgehead atoms. The number of hydrogen-bond acceptors (Lipinski definition) is 3. The molecule has 6 heteroatoms. The van der Waals surface area contributed by atoms with Crippen LogP contribution in [0.15, 0.2) is 59.5 Å². The van der Waals surface area contributed by atoms with E-state index in [1.807, 2.05) is 67.8 Å². The Morgan fingerprint density at radius 3 is 2.11 bits per heavy atom. The number of aromatic nitrogens is 2. The topological polar surface area (TPSA) is 25.8 Å². The van der Waals surface area contributed by atoms with Crippen LogP contribution in [0.4, 0.5) is 13.2 Å². The van der Waals surface area contributed by atoms with Gasteiger partial charge in [-0.25, -0.2) is 9.97 Å². The second-order valence-electron chi connectivity index (χ2n) is 6.06. The largest absolute Gasteiger partial charge is 0.451 e. The molecule has 0 aliphatic carbocycles. The molecular weight excluding hydrogens is 369 g/mol. The van der Waals surface area contributed by atoms with E-state index in [9.17, 15) is 13.2 Å². The van der Waals surface area contributed by atoms with Gasteiger partial charge in [0.15, 0.2) is 0 Å². The Morgan fingerprint density at radius 1 is 0.889 bits per heavy atom. The van der Waals surface area contributed by atoms with E-state index in [0.717, 1.165) is 10.5 Å². The van der Waals surface area contributed by atoms with Crippen molar-refractivity contribution in [2.45, 2.75) is 30.8 Å². The summed E-state index contributed by atoms with van der Waals surface area (Å²) in [5.41, 5.74) is 2.88. The molecule has 3 rings (SSSR count). The van der Waals surface area contributed by atoms with E-state index in [-0.39, 0.29) is 0 Å². The van der Waals surface area contributed by atoms with Crippen LogP contribution in [0, 0.1) is 0 Å². The van der Waals surface area contributed by atoms with Crippen molar-refractivity contribution in [2.24, 2.45) is 0 Å². The SMILES string of the molecule is CCCc1nc(C(F)(F)F)nc(-c2ccc(SC)cc2)c1-c1ccccc1. The van der Waals surface area contributed by atoms with Crippen LogP contribution in [0.5, 0.6) is 0 Å². The van der Waals surface area contributed by atoms with Gasteiger partial charge < -0.3 is 0 Å². The molecule has 1 aromatic heterocycles. The number of halogens is 3. The summed E-state index contributed by atoms with van der Waals surface area (Å²) in [6, 6.07) is 16.8. The fourth-order valence-corrected chi connectivity index (χ4v) is 3.33. The summed E-state index contributed by atoms with van der Waals surface area (Å²) in [6.07, 6.45) is -1.49. The molecule has 2 aromatic carbocycles. The van der Waals surface area contributed by atoms with Crippen LogP contribution in [0.2, 0.25) is 0 Å². The number of hydrogen-bond donors (Lipinski definition) is 0. The summed E-state index contributed by atoms with van der Waals surface area (Å²) in [4.78, 5) is 8.88. The number of aryl methyl sites for hydroxylation is 1. The van der Waals surface area contributed by atoms with Gasteiger partial charge in [-0.15, -0.1) is 11.8 Å². The average molecular weight is 388 g/mol. The van der Waals surface area contributed by atoms with Gasteiger partial charge in [-0.1, -0.05) is 55.8 Å². The van der Waals surface area contributed by atoms with Crippen molar-refractivity contribution in [1.29, 1.82) is 0 Å². The van der Waals surface area contributed by atoms with Crippen molar-refractivity contribution >= 4 is 11.8 Å². The Bertz CT molecular complexity index is 907. The Morgan fingerprint density at radius 2 is 1.56 bits per heavy atom. The summed E-state index contributed by atoms with van der Waals surface area (Å²) < 4.78 is 40.3. The molecule has 3 aromatic rings. The maximum atomic E-state index is 13.4. The van der Waals surface area contributed by atoms with Gasteiger partial charge in [-0.2, -0.15) is 13.2 Å². The molecule has 27 heavy (non-hydrogen) atoms.